The molecule has 0 spiro atoms. The van der Waals surface area contributed by atoms with Crippen LogP contribution in [0.2, 0.25) is 0 Å². The van der Waals surface area contributed by atoms with Crippen LogP contribution < -0.4 is 0 Å². The lowest BCUT2D eigenvalue weighted by molar-refractivity contribution is 0.627. The lowest BCUT2D eigenvalue weighted by Gasteiger charge is -1.97. The molecule has 0 atom stereocenters. The summed E-state index contributed by atoms with van der Waals surface area (Å²) in [5.41, 5.74) is 1.06. The Bertz CT molecular complexity index is 270. The number of benzene rings is 1. The number of hydrogen-bond donors (Lipinski definition) is 0. The van der Waals surface area contributed by atoms with Crippen LogP contribution in [0.25, 0.3) is 6.08 Å². The first-order valence-corrected chi connectivity index (χ1v) is 4.60. The Hall–Kier alpha value is -1.11. The monoisotopic (exact) mass is 178 g/mol. The largest absolute Gasteiger partial charge is 0.207 e. The highest BCUT2D eigenvalue weighted by molar-refractivity contribution is 5.48. The van der Waals surface area contributed by atoms with E-state index < -0.39 is 0 Å². The molecule has 0 bridgehead atoms. The summed E-state index contributed by atoms with van der Waals surface area (Å²) in [4.78, 5) is 0. The fraction of sp³-hybridized carbons (Fsp3) is 0.333. The molecule has 0 aliphatic heterocycles. The van der Waals surface area contributed by atoms with Crippen molar-refractivity contribution >= 4 is 6.08 Å². The summed E-state index contributed by atoms with van der Waals surface area (Å²) in [5.74, 6) is 0.498. The van der Waals surface area contributed by atoms with Gasteiger partial charge in [-0.05, 0) is 30.0 Å². The van der Waals surface area contributed by atoms with Crippen LogP contribution in [0.4, 0.5) is 4.39 Å². The van der Waals surface area contributed by atoms with E-state index in [0.717, 1.165) is 12.0 Å². The van der Waals surface area contributed by atoms with Crippen molar-refractivity contribution in [3.8, 4) is 0 Å². The van der Waals surface area contributed by atoms with Gasteiger partial charge in [0, 0.05) is 0 Å². The van der Waals surface area contributed by atoms with Crippen LogP contribution >= 0.6 is 0 Å². The molecule has 0 nitrogen and oxygen atoms in total. The topological polar surface area (TPSA) is 0 Å². The van der Waals surface area contributed by atoms with Gasteiger partial charge in [-0.25, -0.2) is 4.39 Å². The number of rotatable bonds is 3. The SMILES string of the molecule is CC(C)C/C=C/c1ccc(F)cc1. The third-order valence-electron chi connectivity index (χ3n) is 1.79. The van der Waals surface area contributed by atoms with Crippen molar-refractivity contribution in [3.05, 3.63) is 41.7 Å². The highest BCUT2D eigenvalue weighted by Gasteiger charge is 1.90. The van der Waals surface area contributed by atoms with Crippen molar-refractivity contribution in [2.75, 3.05) is 0 Å². The van der Waals surface area contributed by atoms with Crippen molar-refractivity contribution in [1.82, 2.24) is 0 Å². The second-order valence-electron chi connectivity index (χ2n) is 3.58. The Labute approximate surface area is 79.1 Å². The minimum atomic E-state index is -0.180. The average Bonchev–Trinajstić information content (AvgIpc) is 2.08. The first-order chi connectivity index (χ1) is 6.18. The fourth-order valence-electron chi connectivity index (χ4n) is 1.05. The Morgan fingerprint density at radius 1 is 1.23 bits per heavy atom. The van der Waals surface area contributed by atoms with Crippen LogP contribution in [0.5, 0.6) is 0 Å². The zero-order valence-corrected chi connectivity index (χ0v) is 8.13. The van der Waals surface area contributed by atoms with Gasteiger partial charge in [-0.15, -0.1) is 0 Å². The van der Waals surface area contributed by atoms with Crippen LogP contribution in [0, 0.1) is 11.7 Å². The molecule has 70 valence electrons. The van der Waals surface area contributed by atoms with Crippen molar-refractivity contribution in [2.45, 2.75) is 20.3 Å². The summed E-state index contributed by atoms with van der Waals surface area (Å²) in [6.07, 6.45) is 5.22. The van der Waals surface area contributed by atoms with E-state index in [-0.39, 0.29) is 5.82 Å². The zero-order valence-electron chi connectivity index (χ0n) is 8.13. The summed E-state index contributed by atoms with van der Waals surface area (Å²) in [6.45, 7) is 4.35. The molecule has 1 heteroatoms. The highest BCUT2D eigenvalue weighted by atomic mass is 19.1. The molecule has 13 heavy (non-hydrogen) atoms. The molecule has 0 aliphatic carbocycles. The Balaban J connectivity index is 2.54. The number of allylic oxidation sites excluding steroid dienone is 1. The predicted octanol–water partition coefficient (Wildman–Crippen LogP) is 3.89. The van der Waals surface area contributed by atoms with Crippen LogP contribution in [0.1, 0.15) is 25.8 Å². The van der Waals surface area contributed by atoms with E-state index in [1.807, 2.05) is 6.08 Å². The molecule has 0 N–H and O–H groups in total. The van der Waals surface area contributed by atoms with Gasteiger partial charge in [0.25, 0.3) is 0 Å². The summed E-state index contributed by atoms with van der Waals surface area (Å²) >= 11 is 0. The molecule has 1 aromatic carbocycles. The van der Waals surface area contributed by atoms with Crippen LogP contribution in [-0.4, -0.2) is 0 Å². The van der Waals surface area contributed by atoms with Gasteiger partial charge in [-0.1, -0.05) is 38.1 Å². The van der Waals surface area contributed by atoms with Crippen LogP contribution in [-0.2, 0) is 0 Å². The molecule has 1 aromatic rings. The van der Waals surface area contributed by atoms with Gasteiger partial charge < -0.3 is 0 Å². The van der Waals surface area contributed by atoms with Gasteiger partial charge >= 0.3 is 0 Å². The summed E-state index contributed by atoms with van der Waals surface area (Å²) in [7, 11) is 0. The summed E-state index contributed by atoms with van der Waals surface area (Å²) in [5, 5.41) is 0. The highest BCUT2D eigenvalue weighted by Crippen LogP contribution is 2.07. The zero-order chi connectivity index (χ0) is 9.68. The van der Waals surface area contributed by atoms with Gasteiger partial charge in [-0.2, -0.15) is 0 Å². The maximum Gasteiger partial charge on any atom is 0.123 e. The molecule has 1 rings (SSSR count). The van der Waals surface area contributed by atoms with E-state index in [9.17, 15) is 4.39 Å². The Kier molecular flexibility index (Phi) is 3.69. The van der Waals surface area contributed by atoms with Crippen molar-refractivity contribution in [3.63, 3.8) is 0 Å². The van der Waals surface area contributed by atoms with E-state index in [2.05, 4.69) is 19.9 Å². The van der Waals surface area contributed by atoms with Crippen LogP contribution in [0.3, 0.4) is 0 Å². The van der Waals surface area contributed by atoms with E-state index in [4.69, 9.17) is 0 Å². The summed E-state index contributed by atoms with van der Waals surface area (Å²) in [6, 6.07) is 6.53. The lowest BCUT2D eigenvalue weighted by atomic mass is 10.1. The van der Waals surface area contributed by atoms with E-state index in [0.29, 0.717) is 5.92 Å². The fourth-order valence-corrected chi connectivity index (χ4v) is 1.05. The van der Waals surface area contributed by atoms with Gasteiger partial charge in [0.05, 0.1) is 0 Å². The molecule has 0 radical (unpaired) electrons. The predicted molar refractivity (Wildman–Crippen MR) is 54.9 cm³/mol. The number of halogens is 1. The maximum atomic E-state index is 12.5. The molecule has 0 amide bonds. The van der Waals surface area contributed by atoms with Crippen molar-refractivity contribution in [2.24, 2.45) is 5.92 Å². The minimum Gasteiger partial charge on any atom is -0.207 e. The standard InChI is InChI=1S/C12H15F/c1-10(2)4-3-5-11-6-8-12(13)9-7-11/h3,5-10H,4H2,1-2H3/b5-3+. The third-order valence-corrected chi connectivity index (χ3v) is 1.79. The average molecular weight is 178 g/mol. The van der Waals surface area contributed by atoms with Crippen molar-refractivity contribution in [1.29, 1.82) is 0 Å². The summed E-state index contributed by atoms with van der Waals surface area (Å²) < 4.78 is 12.5. The van der Waals surface area contributed by atoms with Gasteiger partial charge in [0.1, 0.15) is 5.82 Å². The van der Waals surface area contributed by atoms with Gasteiger partial charge in [-0.3, -0.25) is 0 Å². The molecule has 0 saturated carbocycles. The molecule has 0 heterocycles. The Morgan fingerprint density at radius 3 is 2.38 bits per heavy atom. The van der Waals surface area contributed by atoms with Gasteiger partial charge in [0.2, 0.25) is 0 Å². The van der Waals surface area contributed by atoms with E-state index in [1.54, 1.807) is 12.1 Å². The van der Waals surface area contributed by atoms with Gasteiger partial charge in [0.15, 0.2) is 0 Å². The molecular weight excluding hydrogens is 163 g/mol. The smallest absolute Gasteiger partial charge is 0.123 e. The number of hydrogen-bond acceptors (Lipinski definition) is 0. The lowest BCUT2D eigenvalue weighted by Crippen LogP contribution is -1.81. The van der Waals surface area contributed by atoms with Crippen molar-refractivity contribution < 1.29 is 4.39 Å². The second kappa shape index (κ2) is 4.80. The molecule has 0 saturated heterocycles. The quantitative estimate of drug-likeness (QED) is 0.658. The van der Waals surface area contributed by atoms with E-state index >= 15 is 0 Å². The maximum absolute atomic E-state index is 12.5. The van der Waals surface area contributed by atoms with E-state index in [1.165, 1.54) is 12.1 Å². The molecule has 0 fully saturated rings. The minimum absolute atomic E-state index is 0.180. The molecule has 0 aliphatic rings. The normalized spacial score (nSPS) is 11.4. The first-order valence-electron chi connectivity index (χ1n) is 4.60. The third kappa shape index (κ3) is 3.88. The molecule has 0 aromatic heterocycles. The Morgan fingerprint density at radius 2 is 1.85 bits per heavy atom. The van der Waals surface area contributed by atoms with Crippen LogP contribution in [0.15, 0.2) is 30.3 Å². The second-order valence-corrected chi connectivity index (χ2v) is 3.58. The molecular formula is C12H15F. The first kappa shape index (κ1) is 9.97. The molecule has 0 unspecified atom stereocenters.